The van der Waals surface area contributed by atoms with E-state index in [1.165, 1.54) is 0 Å². The van der Waals surface area contributed by atoms with Crippen LogP contribution in [0.4, 0.5) is 11.4 Å². The van der Waals surface area contributed by atoms with Crippen molar-refractivity contribution in [3.63, 3.8) is 0 Å². The standard InChI is InChI=1S/C18H25N3O3/c19-14-9-17-15(10-16(14)21-5-7-23-8-6-21)20-18(24-17)13-3-1-12(11-22)2-4-13/h9-10,12-13,22H,1-8,11,19H2. The number of oxazole rings is 1. The Kier molecular flexibility index (Phi) is 4.33. The second kappa shape index (κ2) is 6.61. The molecule has 0 amide bonds. The number of hydrogen-bond donors (Lipinski definition) is 2. The molecule has 4 rings (SSSR count). The Morgan fingerprint density at radius 2 is 1.92 bits per heavy atom. The second-order valence-corrected chi connectivity index (χ2v) is 6.93. The molecule has 1 aromatic heterocycles. The second-order valence-electron chi connectivity index (χ2n) is 6.93. The van der Waals surface area contributed by atoms with Crippen molar-refractivity contribution in [3.8, 4) is 0 Å². The number of benzene rings is 1. The molecule has 6 nitrogen and oxygen atoms in total. The van der Waals surface area contributed by atoms with Gasteiger partial charge in [-0.25, -0.2) is 4.98 Å². The number of fused-ring (bicyclic) bond motifs is 1. The summed E-state index contributed by atoms with van der Waals surface area (Å²) < 4.78 is 11.4. The fourth-order valence-corrected chi connectivity index (χ4v) is 3.84. The van der Waals surface area contributed by atoms with Crippen LogP contribution in [-0.4, -0.2) is 43.0 Å². The van der Waals surface area contributed by atoms with Gasteiger partial charge in [-0.2, -0.15) is 0 Å². The summed E-state index contributed by atoms with van der Waals surface area (Å²) in [5, 5.41) is 9.28. The number of aromatic nitrogens is 1. The number of hydrogen-bond acceptors (Lipinski definition) is 6. The number of nitrogens with zero attached hydrogens (tertiary/aromatic N) is 2. The molecular formula is C18H25N3O3. The maximum atomic E-state index is 9.28. The first-order valence-corrected chi connectivity index (χ1v) is 8.88. The van der Waals surface area contributed by atoms with Gasteiger partial charge in [-0.05, 0) is 37.7 Å². The van der Waals surface area contributed by atoms with Gasteiger partial charge in [0.1, 0.15) is 5.52 Å². The van der Waals surface area contributed by atoms with Crippen LogP contribution in [0.25, 0.3) is 11.1 Å². The van der Waals surface area contributed by atoms with Crippen molar-refractivity contribution >= 4 is 22.5 Å². The smallest absolute Gasteiger partial charge is 0.198 e. The Hall–Kier alpha value is -1.79. The zero-order valence-electron chi connectivity index (χ0n) is 13.9. The summed E-state index contributed by atoms with van der Waals surface area (Å²) in [6.45, 7) is 3.46. The molecule has 2 aromatic rings. The lowest BCUT2D eigenvalue weighted by molar-refractivity contribution is 0.123. The molecule has 2 aliphatic rings. The Labute approximate surface area is 141 Å². The van der Waals surface area contributed by atoms with E-state index in [0.717, 1.165) is 80.4 Å². The van der Waals surface area contributed by atoms with Gasteiger partial charge in [0.05, 0.1) is 24.6 Å². The van der Waals surface area contributed by atoms with E-state index in [2.05, 4.69) is 4.90 Å². The maximum Gasteiger partial charge on any atom is 0.198 e. The molecule has 1 saturated heterocycles. The highest BCUT2D eigenvalue weighted by Crippen LogP contribution is 2.38. The predicted molar refractivity (Wildman–Crippen MR) is 93.2 cm³/mol. The van der Waals surface area contributed by atoms with Crippen LogP contribution in [0.3, 0.4) is 0 Å². The van der Waals surface area contributed by atoms with Gasteiger partial charge in [-0.15, -0.1) is 0 Å². The summed E-state index contributed by atoms with van der Waals surface area (Å²) in [7, 11) is 0. The molecule has 1 aromatic carbocycles. The van der Waals surface area contributed by atoms with Crippen LogP contribution < -0.4 is 10.6 Å². The molecule has 0 spiro atoms. The number of rotatable bonds is 3. The summed E-state index contributed by atoms with van der Waals surface area (Å²) in [6, 6.07) is 3.94. The number of aliphatic hydroxyl groups excluding tert-OH is 1. The van der Waals surface area contributed by atoms with E-state index in [1.54, 1.807) is 0 Å². The third-order valence-electron chi connectivity index (χ3n) is 5.36. The lowest BCUT2D eigenvalue weighted by Crippen LogP contribution is -2.36. The lowest BCUT2D eigenvalue weighted by atomic mass is 9.82. The predicted octanol–water partition coefficient (Wildman–Crippen LogP) is 2.51. The molecule has 24 heavy (non-hydrogen) atoms. The number of aliphatic hydroxyl groups is 1. The van der Waals surface area contributed by atoms with Gasteiger partial charge in [0, 0.05) is 31.7 Å². The molecule has 1 aliphatic carbocycles. The van der Waals surface area contributed by atoms with Crippen LogP contribution in [0.5, 0.6) is 0 Å². The van der Waals surface area contributed by atoms with E-state index in [-0.39, 0.29) is 0 Å². The molecule has 130 valence electrons. The SMILES string of the molecule is Nc1cc2oc(C3CCC(CO)CC3)nc2cc1N1CCOCC1. The molecule has 0 radical (unpaired) electrons. The Balaban J connectivity index is 1.59. The third kappa shape index (κ3) is 2.96. The van der Waals surface area contributed by atoms with E-state index in [4.69, 9.17) is 19.9 Å². The molecule has 1 saturated carbocycles. The average Bonchev–Trinajstić information content (AvgIpc) is 3.04. The van der Waals surface area contributed by atoms with Gasteiger partial charge in [0.2, 0.25) is 0 Å². The van der Waals surface area contributed by atoms with Crippen molar-refractivity contribution < 1.29 is 14.3 Å². The number of anilines is 2. The summed E-state index contributed by atoms with van der Waals surface area (Å²) in [5.74, 6) is 1.61. The summed E-state index contributed by atoms with van der Waals surface area (Å²) in [5.41, 5.74) is 9.65. The monoisotopic (exact) mass is 331 g/mol. The molecule has 1 aliphatic heterocycles. The molecule has 6 heteroatoms. The van der Waals surface area contributed by atoms with Gasteiger partial charge >= 0.3 is 0 Å². The van der Waals surface area contributed by atoms with Crippen molar-refractivity contribution in [2.24, 2.45) is 5.92 Å². The van der Waals surface area contributed by atoms with Gasteiger partial charge in [0.15, 0.2) is 11.5 Å². The fraction of sp³-hybridized carbons (Fsp3) is 0.611. The van der Waals surface area contributed by atoms with Gasteiger partial charge in [0.25, 0.3) is 0 Å². The van der Waals surface area contributed by atoms with Gasteiger partial charge in [-0.1, -0.05) is 0 Å². The number of nitrogens with two attached hydrogens (primary N) is 1. The van der Waals surface area contributed by atoms with Crippen molar-refractivity contribution in [2.45, 2.75) is 31.6 Å². The Morgan fingerprint density at radius 3 is 2.62 bits per heavy atom. The minimum Gasteiger partial charge on any atom is -0.440 e. The normalized spacial score (nSPS) is 25.3. The molecular weight excluding hydrogens is 306 g/mol. The molecule has 2 heterocycles. The molecule has 0 bridgehead atoms. The van der Waals surface area contributed by atoms with Crippen LogP contribution in [0, 0.1) is 5.92 Å². The summed E-state index contributed by atoms with van der Waals surface area (Å²) in [6.07, 6.45) is 4.15. The summed E-state index contributed by atoms with van der Waals surface area (Å²) in [4.78, 5) is 6.99. The number of ether oxygens (including phenoxy) is 1. The first kappa shape index (κ1) is 15.7. The van der Waals surface area contributed by atoms with Crippen LogP contribution in [-0.2, 0) is 4.74 Å². The zero-order chi connectivity index (χ0) is 16.5. The lowest BCUT2D eigenvalue weighted by Gasteiger charge is -2.29. The molecule has 0 atom stereocenters. The quantitative estimate of drug-likeness (QED) is 0.841. The highest BCUT2D eigenvalue weighted by Gasteiger charge is 2.26. The fourth-order valence-electron chi connectivity index (χ4n) is 3.84. The van der Waals surface area contributed by atoms with Crippen LogP contribution >= 0.6 is 0 Å². The van der Waals surface area contributed by atoms with Crippen LogP contribution in [0.1, 0.15) is 37.5 Å². The molecule has 0 unspecified atom stereocenters. The molecule has 3 N–H and O–H groups in total. The highest BCUT2D eigenvalue weighted by molar-refractivity contribution is 5.86. The minimum absolute atomic E-state index is 0.291. The van der Waals surface area contributed by atoms with Crippen molar-refractivity contribution in [1.82, 2.24) is 4.98 Å². The number of morpholine rings is 1. The zero-order valence-corrected chi connectivity index (χ0v) is 13.9. The Bertz CT molecular complexity index is 701. The van der Waals surface area contributed by atoms with Gasteiger partial charge in [-0.3, -0.25) is 0 Å². The highest BCUT2D eigenvalue weighted by atomic mass is 16.5. The van der Waals surface area contributed by atoms with E-state index < -0.39 is 0 Å². The van der Waals surface area contributed by atoms with Crippen LogP contribution in [0.2, 0.25) is 0 Å². The summed E-state index contributed by atoms with van der Waals surface area (Å²) >= 11 is 0. The van der Waals surface area contributed by atoms with E-state index >= 15 is 0 Å². The molecule has 2 fully saturated rings. The average molecular weight is 331 g/mol. The van der Waals surface area contributed by atoms with Crippen molar-refractivity contribution in [3.05, 3.63) is 18.0 Å². The van der Waals surface area contributed by atoms with Gasteiger partial charge < -0.3 is 24.9 Å². The third-order valence-corrected chi connectivity index (χ3v) is 5.36. The topological polar surface area (TPSA) is 84.8 Å². The Morgan fingerprint density at radius 1 is 1.17 bits per heavy atom. The minimum atomic E-state index is 0.291. The van der Waals surface area contributed by atoms with E-state index in [1.807, 2.05) is 12.1 Å². The maximum absolute atomic E-state index is 9.28. The van der Waals surface area contributed by atoms with E-state index in [0.29, 0.717) is 18.4 Å². The first-order valence-electron chi connectivity index (χ1n) is 8.88. The largest absolute Gasteiger partial charge is 0.440 e. The van der Waals surface area contributed by atoms with E-state index in [9.17, 15) is 5.11 Å². The van der Waals surface area contributed by atoms with Crippen molar-refractivity contribution in [1.29, 1.82) is 0 Å². The van der Waals surface area contributed by atoms with Crippen molar-refractivity contribution in [2.75, 3.05) is 43.5 Å². The van der Waals surface area contributed by atoms with Crippen LogP contribution in [0.15, 0.2) is 16.5 Å². The number of nitrogen functional groups attached to an aromatic ring is 1. The first-order chi connectivity index (χ1) is 11.7.